The molecule has 0 aromatic carbocycles. The Balaban J connectivity index is 2.37. The lowest BCUT2D eigenvalue weighted by molar-refractivity contribution is 0.352. The molecule has 1 aliphatic rings. The number of hydrogen-bond acceptors (Lipinski definition) is 0. The van der Waals surface area contributed by atoms with Crippen molar-refractivity contribution in [2.75, 3.05) is 0 Å². The van der Waals surface area contributed by atoms with Gasteiger partial charge in [0, 0.05) is 0 Å². The monoisotopic (exact) mass is 150 g/mol. The largest absolute Gasteiger partial charge is 0.0768 e. The summed E-state index contributed by atoms with van der Waals surface area (Å²) in [4.78, 5) is 0. The van der Waals surface area contributed by atoms with Crippen LogP contribution < -0.4 is 0 Å². The maximum atomic E-state index is 5.92. The highest BCUT2D eigenvalue weighted by atomic mass is 14.3. The molecular weight excluding hydrogens is 131 g/mol. The maximum absolute atomic E-state index is 5.92. The number of hydrogen-bond donors (Lipinski definition) is 0. The van der Waals surface area contributed by atoms with Crippen LogP contribution in [-0.2, 0) is 0 Å². The Hall–Kier alpha value is 0.0649. The summed E-state index contributed by atoms with van der Waals surface area (Å²) in [6.07, 6.45) is 6.62. The van der Waals surface area contributed by atoms with Crippen LogP contribution in [0.25, 0.3) is 0 Å². The smallest absolute Gasteiger partial charge is 0.0699 e. The van der Waals surface area contributed by atoms with E-state index in [9.17, 15) is 0 Å². The van der Waals surface area contributed by atoms with Crippen molar-refractivity contribution in [3.8, 4) is 0 Å². The van der Waals surface area contributed by atoms with Crippen LogP contribution in [0.4, 0.5) is 0 Å². The summed E-state index contributed by atoms with van der Waals surface area (Å²) in [6.45, 7) is 4.57. The van der Waals surface area contributed by atoms with Gasteiger partial charge in [0.05, 0.1) is 7.85 Å². The lowest BCUT2D eigenvalue weighted by Crippen LogP contribution is -2.05. The van der Waals surface area contributed by atoms with Crippen LogP contribution in [0.5, 0.6) is 0 Å². The fourth-order valence-electron chi connectivity index (χ4n) is 2.48. The second-order valence-corrected chi connectivity index (χ2v) is 3.95. The SMILES string of the molecule is [B][C@H]1CC(CC)[C@@H](CCC)C1. The first kappa shape index (κ1) is 9.16. The second kappa shape index (κ2) is 4.18. The zero-order valence-corrected chi connectivity index (χ0v) is 7.84. The van der Waals surface area contributed by atoms with Gasteiger partial charge in [0.2, 0.25) is 0 Å². The van der Waals surface area contributed by atoms with Gasteiger partial charge in [-0.25, -0.2) is 0 Å². The van der Waals surface area contributed by atoms with E-state index in [1.54, 1.807) is 0 Å². The average Bonchev–Trinajstić information content (AvgIpc) is 2.32. The van der Waals surface area contributed by atoms with E-state index in [-0.39, 0.29) is 0 Å². The number of rotatable bonds is 3. The predicted molar refractivity (Wildman–Crippen MR) is 50.9 cm³/mol. The first-order valence-corrected chi connectivity index (χ1v) is 5.03. The molecule has 1 unspecified atom stereocenters. The van der Waals surface area contributed by atoms with Gasteiger partial charge in [-0.2, -0.15) is 0 Å². The Morgan fingerprint density at radius 2 is 1.82 bits per heavy atom. The molecule has 0 heterocycles. The van der Waals surface area contributed by atoms with Crippen molar-refractivity contribution in [1.29, 1.82) is 0 Å². The zero-order valence-electron chi connectivity index (χ0n) is 7.84. The first-order valence-electron chi connectivity index (χ1n) is 5.03. The van der Waals surface area contributed by atoms with Crippen molar-refractivity contribution in [2.45, 2.75) is 51.8 Å². The molecule has 1 heteroatoms. The van der Waals surface area contributed by atoms with Crippen molar-refractivity contribution in [3.63, 3.8) is 0 Å². The van der Waals surface area contributed by atoms with Crippen molar-refractivity contribution in [2.24, 2.45) is 11.8 Å². The van der Waals surface area contributed by atoms with Gasteiger partial charge in [0.15, 0.2) is 0 Å². The predicted octanol–water partition coefficient (Wildman–Crippen LogP) is 3.18. The minimum atomic E-state index is 0.511. The molecule has 1 aliphatic carbocycles. The van der Waals surface area contributed by atoms with Crippen LogP contribution in [0.3, 0.4) is 0 Å². The summed E-state index contributed by atoms with van der Waals surface area (Å²) < 4.78 is 0. The van der Waals surface area contributed by atoms with Gasteiger partial charge in [-0.05, 0) is 11.8 Å². The lowest BCUT2D eigenvalue weighted by Gasteiger charge is -2.16. The molecule has 1 saturated carbocycles. The van der Waals surface area contributed by atoms with E-state index in [0.717, 1.165) is 11.8 Å². The summed E-state index contributed by atoms with van der Waals surface area (Å²) >= 11 is 0. The van der Waals surface area contributed by atoms with Crippen molar-refractivity contribution in [3.05, 3.63) is 0 Å². The first-order chi connectivity index (χ1) is 5.27. The van der Waals surface area contributed by atoms with E-state index in [0.29, 0.717) is 5.82 Å². The highest BCUT2D eigenvalue weighted by Crippen LogP contribution is 2.42. The molecule has 0 aliphatic heterocycles. The van der Waals surface area contributed by atoms with Crippen LogP contribution in [0, 0.1) is 11.8 Å². The van der Waals surface area contributed by atoms with Crippen molar-refractivity contribution >= 4 is 7.85 Å². The average molecular weight is 150 g/mol. The standard InChI is InChI=1S/C10H19B/c1-3-5-9-7-10(11)6-8(9)4-2/h8-10H,3-7H2,1-2H3/t8?,9-,10-/m0/s1. The zero-order chi connectivity index (χ0) is 8.27. The third-order valence-corrected chi connectivity index (χ3v) is 3.06. The van der Waals surface area contributed by atoms with Crippen molar-refractivity contribution in [1.82, 2.24) is 0 Å². The van der Waals surface area contributed by atoms with Crippen molar-refractivity contribution < 1.29 is 0 Å². The van der Waals surface area contributed by atoms with Crippen LogP contribution in [0.2, 0.25) is 5.82 Å². The Labute approximate surface area is 72.2 Å². The van der Waals surface area contributed by atoms with Gasteiger partial charge in [0.25, 0.3) is 0 Å². The highest BCUT2D eigenvalue weighted by molar-refractivity contribution is 6.11. The molecule has 0 saturated heterocycles. The molecular formula is C10H19B. The molecule has 3 atom stereocenters. The molecule has 0 amide bonds. The molecule has 1 rings (SSSR count). The summed E-state index contributed by atoms with van der Waals surface area (Å²) in [5.74, 6) is 2.39. The minimum Gasteiger partial charge on any atom is -0.0768 e. The van der Waals surface area contributed by atoms with E-state index in [1.807, 2.05) is 0 Å². The normalized spacial score (nSPS) is 37.8. The van der Waals surface area contributed by atoms with Crippen LogP contribution in [0.15, 0.2) is 0 Å². The molecule has 0 spiro atoms. The summed E-state index contributed by atoms with van der Waals surface area (Å²) in [5.41, 5.74) is 0. The van der Waals surface area contributed by atoms with Crippen LogP contribution >= 0.6 is 0 Å². The van der Waals surface area contributed by atoms with E-state index in [2.05, 4.69) is 13.8 Å². The van der Waals surface area contributed by atoms with Gasteiger partial charge < -0.3 is 0 Å². The third-order valence-electron chi connectivity index (χ3n) is 3.06. The van der Waals surface area contributed by atoms with E-state index in [1.165, 1.54) is 32.1 Å². The van der Waals surface area contributed by atoms with Crippen LogP contribution in [-0.4, -0.2) is 7.85 Å². The van der Waals surface area contributed by atoms with Gasteiger partial charge in [-0.1, -0.05) is 51.8 Å². The summed E-state index contributed by atoms with van der Waals surface area (Å²) in [5, 5.41) is 0. The Bertz CT molecular complexity index is 111. The third kappa shape index (κ3) is 2.25. The van der Waals surface area contributed by atoms with Gasteiger partial charge in [0.1, 0.15) is 0 Å². The fraction of sp³-hybridized carbons (Fsp3) is 1.00. The molecule has 11 heavy (non-hydrogen) atoms. The fourth-order valence-corrected chi connectivity index (χ4v) is 2.48. The van der Waals surface area contributed by atoms with E-state index in [4.69, 9.17) is 7.85 Å². The molecule has 0 nitrogen and oxygen atoms in total. The summed E-state index contributed by atoms with van der Waals surface area (Å²) in [6, 6.07) is 0. The molecule has 62 valence electrons. The van der Waals surface area contributed by atoms with Crippen LogP contribution in [0.1, 0.15) is 46.0 Å². The second-order valence-electron chi connectivity index (χ2n) is 3.95. The molecule has 0 aromatic rings. The molecule has 2 radical (unpaired) electrons. The molecule has 1 fully saturated rings. The minimum absolute atomic E-state index is 0.511. The van der Waals surface area contributed by atoms with E-state index < -0.39 is 0 Å². The van der Waals surface area contributed by atoms with Gasteiger partial charge in [-0.15, -0.1) is 0 Å². The van der Waals surface area contributed by atoms with Gasteiger partial charge >= 0.3 is 0 Å². The molecule has 0 aromatic heterocycles. The lowest BCUT2D eigenvalue weighted by atomic mass is 9.85. The Kier molecular flexibility index (Phi) is 3.48. The van der Waals surface area contributed by atoms with E-state index >= 15 is 0 Å². The Morgan fingerprint density at radius 1 is 1.18 bits per heavy atom. The van der Waals surface area contributed by atoms with Gasteiger partial charge in [-0.3, -0.25) is 0 Å². The summed E-state index contributed by atoms with van der Waals surface area (Å²) in [7, 11) is 5.92. The maximum Gasteiger partial charge on any atom is 0.0699 e. The molecule has 0 bridgehead atoms. The quantitative estimate of drug-likeness (QED) is 0.542. The molecule has 0 N–H and O–H groups in total. The Morgan fingerprint density at radius 3 is 2.36 bits per heavy atom. The highest BCUT2D eigenvalue weighted by Gasteiger charge is 2.28. The topological polar surface area (TPSA) is 0 Å².